The van der Waals surface area contributed by atoms with Crippen molar-refractivity contribution < 1.29 is 0 Å². The van der Waals surface area contributed by atoms with E-state index >= 15 is 0 Å². The van der Waals surface area contributed by atoms with E-state index in [-0.39, 0.29) is 0 Å². The Hall–Kier alpha value is -3.34. The van der Waals surface area contributed by atoms with Gasteiger partial charge in [-0.3, -0.25) is 0 Å². The first kappa shape index (κ1) is 17.2. The molecule has 8 rings (SSSR count). The lowest BCUT2D eigenvalue weighted by Gasteiger charge is -2.06. The van der Waals surface area contributed by atoms with Crippen LogP contribution >= 0.6 is 22.7 Å². The molecule has 32 heavy (non-hydrogen) atoms. The molecule has 0 amide bonds. The minimum Gasteiger partial charge on any atom is -0.342 e. The summed E-state index contributed by atoms with van der Waals surface area (Å²) in [5.41, 5.74) is 5.23. The van der Waals surface area contributed by atoms with Crippen molar-refractivity contribution in [2.45, 2.75) is 0 Å². The predicted octanol–water partition coefficient (Wildman–Crippen LogP) is 8.56. The number of fused-ring (bicyclic) bond motifs is 9. The second-order valence-electron chi connectivity index (χ2n) is 8.87. The molecule has 2 nitrogen and oxygen atoms in total. The van der Waals surface area contributed by atoms with Crippen LogP contribution in [0.5, 0.6) is 0 Å². The Morgan fingerprint density at radius 1 is 0.500 bits per heavy atom. The van der Waals surface area contributed by atoms with Crippen LogP contribution in [0, 0.1) is 0 Å². The quantitative estimate of drug-likeness (QED) is 0.221. The lowest BCUT2D eigenvalue weighted by Crippen LogP contribution is -1.89. The molecule has 0 atom stereocenters. The average Bonchev–Trinajstić information content (AvgIpc) is 3.55. The highest BCUT2D eigenvalue weighted by Crippen LogP contribution is 2.40. The standard InChI is InChI=1S/C28H18N2S2/c1-29-23-11-19-13-25-15(3-5-31-25)7-17(19)9-21(23)28-27(29)22-10-18-8-16-4-6-32-26(16)14-20(18)12-24(22)30(28)2/h3-14H,1-2H3. The molecule has 0 aliphatic rings. The van der Waals surface area contributed by atoms with E-state index in [2.05, 4.69) is 94.7 Å². The second-order valence-corrected chi connectivity index (χ2v) is 10.8. The van der Waals surface area contributed by atoms with Gasteiger partial charge in [0.25, 0.3) is 0 Å². The molecule has 4 aromatic carbocycles. The van der Waals surface area contributed by atoms with Gasteiger partial charge < -0.3 is 9.13 Å². The normalized spacial score (nSPS) is 12.7. The largest absolute Gasteiger partial charge is 0.342 e. The first-order valence-electron chi connectivity index (χ1n) is 10.8. The maximum atomic E-state index is 2.39. The van der Waals surface area contributed by atoms with Gasteiger partial charge in [-0.15, -0.1) is 22.7 Å². The summed E-state index contributed by atoms with van der Waals surface area (Å²) in [4.78, 5) is 0. The smallest absolute Gasteiger partial charge is 0.0751 e. The number of aromatic nitrogens is 2. The molecule has 0 radical (unpaired) electrons. The van der Waals surface area contributed by atoms with Crippen LogP contribution in [0.15, 0.2) is 71.4 Å². The SMILES string of the molecule is Cn1c2cc3cc4sccc4cc3cc2c2c1c1cc3cc4ccsc4cc3cc1n2C. The Kier molecular flexibility index (Phi) is 3.08. The highest BCUT2D eigenvalue weighted by atomic mass is 32.1. The van der Waals surface area contributed by atoms with Crippen molar-refractivity contribution in [1.82, 2.24) is 9.13 Å². The van der Waals surface area contributed by atoms with Gasteiger partial charge in [0, 0.05) is 34.3 Å². The molecule has 0 saturated carbocycles. The lowest BCUT2D eigenvalue weighted by molar-refractivity contribution is 1.01. The van der Waals surface area contributed by atoms with Crippen molar-refractivity contribution in [2.75, 3.05) is 0 Å². The Labute approximate surface area is 191 Å². The number of aryl methyl sites for hydroxylation is 2. The zero-order chi connectivity index (χ0) is 21.1. The molecule has 8 aromatic rings. The van der Waals surface area contributed by atoms with Gasteiger partial charge in [-0.25, -0.2) is 0 Å². The van der Waals surface area contributed by atoms with Gasteiger partial charge in [0.05, 0.1) is 22.1 Å². The summed E-state index contributed by atoms with van der Waals surface area (Å²) in [7, 11) is 4.43. The summed E-state index contributed by atoms with van der Waals surface area (Å²) in [5.74, 6) is 0. The number of rotatable bonds is 0. The van der Waals surface area contributed by atoms with Crippen LogP contribution in [-0.2, 0) is 14.1 Å². The van der Waals surface area contributed by atoms with Crippen molar-refractivity contribution >= 4 is 97.2 Å². The predicted molar refractivity (Wildman–Crippen MR) is 143 cm³/mol. The van der Waals surface area contributed by atoms with Gasteiger partial charge in [0.1, 0.15) is 0 Å². The Morgan fingerprint density at radius 3 is 1.41 bits per heavy atom. The number of benzene rings is 4. The van der Waals surface area contributed by atoms with E-state index in [1.54, 1.807) is 0 Å². The first-order chi connectivity index (χ1) is 15.7. The number of hydrogen-bond acceptors (Lipinski definition) is 2. The molecular weight excluding hydrogens is 428 g/mol. The van der Waals surface area contributed by atoms with E-state index in [0.717, 1.165) is 0 Å². The van der Waals surface area contributed by atoms with Crippen LogP contribution < -0.4 is 0 Å². The zero-order valence-corrected chi connectivity index (χ0v) is 19.3. The van der Waals surface area contributed by atoms with Crippen molar-refractivity contribution in [2.24, 2.45) is 14.1 Å². The summed E-state index contributed by atoms with van der Waals surface area (Å²) >= 11 is 3.63. The maximum Gasteiger partial charge on any atom is 0.0751 e. The number of hydrogen-bond donors (Lipinski definition) is 0. The van der Waals surface area contributed by atoms with E-state index in [4.69, 9.17) is 0 Å². The van der Waals surface area contributed by atoms with E-state index in [9.17, 15) is 0 Å². The van der Waals surface area contributed by atoms with E-state index < -0.39 is 0 Å². The summed E-state index contributed by atoms with van der Waals surface area (Å²) in [6, 6.07) is 23.3. The Balaban J connectivity index is 1.56. The van der Waals surface area contributed by atoms with Gasteiger partial charge in [-0.2, -0.15) is 0 Å². The summed E-state index contributed by atoms with van der Waals surface area (Å²) in [5, 5.41) is 14.9. The van der Waals surface area contributed by atoms with Crippen molar-refractivity contribution in [3.05, 3.63) is 71.4 Å². The van der Waals surface area contributed by atoms with E-state index in [1.807, 2.05) is 22.7 Å². The minimum absolute atomic E-state index is 1.30. The summed E-state index contributed by atoms with van der Waals surface area (Å²) < 4.78 is 7.49. The molecule has 0 unspecified atom stereocenters. The van der Waals surface area contributed by atoms with E-state index in [1.165, 1.54) is 74.6 Å². The highest BCUT2D eigenvalue weighted by molar-refractivity contribution is 7.17. The molecule has 4 heteroatoms. The van der Waals surface area contributed by atoms with Gasteiger partial charge in [-0.05, 0) is 104 Å². The zero-order valence-electron chi connectivity index (χ0n) is 17.6. The topological polar surface area (TPSA) is 9.86 Å². The van der Waals surface area contributed by atoms with Gasteiger partial charge in [-0.1, -0.05) is 0 Å². The molecular formula is C28H18N2S2. The van der Waals surface area contributed by atoms with Crippen molar-refractivity contribution in [3.63, 3.8) is 0 Å². The second kappa shape index (κ2) is 5.71. The number of nitrogens with zero attached hydrogens (tertiary/aromatic N) is 2. The van der Waals surface area contributed by atoms with Crippen molar-refractivity contribution in [1.29, 1.82) is 0 Å². The summed E-state index contributed by atoms with van der Waals surface area (Å²) in [6.07, 6.45) is 0. The molecule has 0 aliphatic heterocycles. The Morgan fingerprint density at radius 2 is 0.938 bits per heavy atom. The molecule has 0 N–H and O–H groups in total. The average molecular weight is 447 g/mol. The fraction of sp³-hybridized carbons (Fsp3) is 0.0714. The third kappa shape index (κ3) is 2.04. The fourth-order valence-corrected chi connectivity index (χ4v) is 7.24. The summed E-state index contributed by atoms with van der Waals surface area (Å²) in [6.45, 7) is 0. The van der Waals surface area contributed by atoms with Crippen LogP contribution in [0.25, 0.3) is 74.6 Å². The highest BCUT2D eigenvalue weighted by Gasteiger charge is 2.18. The molecule has 152 valence electrons. The molecule has 0 spiro atoms. The van der Waals surface area contributed by atoms with Gasteiger partial charge in [0.15, 0.2) is 0 Å². The molecule has 4 heterocycles. The van der Waals surface area contributed by atoms with E-state index in [0.29, 0.717) is 0 Å². The first-order valence-corrected chi connectivity index (χ1v) is 12.5. The van der Waals surface area contributed by atoms with Gasteiger partial charge in [0.2, 0.25) is 0 Å². The van der Waals surface area contributed by atoms with Crippen LogP contribution in [-0.4, -0.2) is 9.13 Å². The minimum atomic E-state index is 1.30. The Bertz CT molecular complexity index is 1910. The third-order valence-electron chi connectivity index (χ3n) is 7.18. The van der Waals surface area contributed by atoms with Crippen LogP contribution in [0.3, 0.4) is 0 Å². The molecule has 0 fully saturated rings. The molecule has 0 saturated heterocycles. The van der Waals surface area contributed by atoms with Crippen LogP contribution in [0.1, 0.15) is 0 Å². The van der Waals surface area contributed by atoms with Crippen LogP contribution in [0.2, 0.25) is 0 Å². The fourth-order valence-electron chi connectivity index (χ4n) is 5.60. The number of thiophene rings is 2. The lowest BCUT2D eigenvalue weighted by atomic mass is 10.1. The third-order valence-corrected chi connectivity index (χ3v) is 8.94. The molecule has 0 bridgehead atoms. The molecule has 0 aliphatic carbocycles. The maximum absolute atomic E-state index is 2.39. The molecule has 4 aromatic heterocycles. The van der Waals surface area contributed by atoms with Gasteiger partial charge >= 0.3 is 0 Å². The van der Waals surface area contributed by atoms with Crippen LogP contribution in [0.4, 0.5) is 0 Å². The van der Waals surface area contributed by atoms with Crippen molar-refractivity contribution in [3.8, 4) is 0 Å². The monoisotopic (exact) mass is 446 g/mol.